The van der Waals surface area contributed by atoms with E-state index in [1.54, 1.807) is 26.4 Å². The molecular formula is C19H22N2O4. The minimum Gasteiger partial charge on any atom is -0.493 e. The van der Waals surface area contributed by atoms with Gasteiger partial charge >= 0.3 is 0 Å². The molecule has 0 unspecified atom stereocenters. The van der Waals surface area contributed by atoms with Gasteiger partial charge in [0.05, 0.1) is 19.1 Å². The fourth-order valence-electron chi connectivity index (χ4n) is 3.46. The van der Waals surface area contributed by atoms with Gasteiger partial charge in [-0.1, -0.05) is 18.2 Å². The fourth-order valence-corrected chi connectivity index (χ4v) is 3.46. The normalized spacial score (nSPS) is 17.4. The standard InChI is InChI=1S/C19H22N2O4/c1-24-18-9-8-15(12-19(18)25-2)17-7-4-10-20(17)13-14-5-3-6-16(11-14)21(22)23/h3,5-6,8-9,11-12,17H,4,7,10,13H2,1-2H3/t17-/m0/s1. The van der Waals surface area contributed by atoms with E-state index >= 15 is 0 Å². The maximum atomic E-state index is 11.0. The van der Waals surface area contributed by atoms with E-state index in [9.17, 15) is 10.1 Å². The third-order valence-electron chi connectivity index (χ3n) is 4.66. The Hall–Kier alpha value is -2.60. The van der Waals surface area contributed by atoms with Crippen molar-refractivity contribution in [1.29, 1.82) is 0 Å². The lowest BCUT2D eigenvalue weighted by Gasteiger charge is -2.25. The number of benzene rings is 2. The van der Waals surface area contributed by atoms with E-state index in [-0.39, 0.29) is 16.7 Å². The average Bonchev–Trinajstić information content (AvgIpc) is 3.09. The summed E-state index contributed by atoms with van der Waals surface area (Å²) in [5, 5.41) is 11.0. The molecule has 1 fully saturated rings. The smallest absolute Gasteiger partial charge is 0.269 e. The highest BCUT2D eigenvalue weighted by Gasteiger charge is 2.27. The molecule has 6 heteroatoms. The van der Waals surface area contributed by atoms with Crippen molar-refractivity contribution >= 4 is 5.69 Å². The van der Waals surface area contributed by atoms with Crippen LogP contribution in [0.1, 0.15) is 30.0 Å². The molecule has 1 atom stereocenters. The van der Waals surface area contributed by atoms with Crippen LogP contribution in [0, 0.1) is 10.1 Å². The van der Waals surface area contributed by atoms with Crippen LogP contribution in [0.4, 0.5) is 5.69 Å². The largest absolute Gasteiger partial charge is 0.493 e. The van der Waals surface area contributed by atoms with Crippen molar-refractivity contribution < 1.29 is 14.4 Å². The monoisotopic (exact) mass is 342 g/mol. The molecule has 1 aliphatic rings. The first-order valence-electron chi connectivity index (χ1n) is 8.31. The Morgan fingerprint density at radius 2 is 1.96 bits per heavy atom. The van der Waals surface area contributed by atoms with Crippen LogP contribution >= 0.6 is 0 Å². The van der Waals surface area contributed by atoms with Crippen molar-refractivity contribution in [2.75, 3.05) is 20.8 Å². The van der Waals surface area contributed by atoms with Crippen molar-refractivity contribution in [3.8, 4) is 11.5 Å². The zero-order valence-electron chi connectivity index (χ0n) is 14.5. The summed E-state index contributed by atoms with van der Waals surface area (Å²) in [6, 6.07) is 13.2. The fraction of sp³-hybridized carbons (Fsp3) is 0.368. The van der Waals surface area contributed by atoms with Crippen LogP contribution in [0.2, 0.25) is 0 Å². The summed E-state index contributed by atoms with van der Waals surface area (Å²) in [5.41, 5.74) is 2.28. The number of methoxy groups -OCH3 is 2. The van der Waals surface area contributed by atoms with Crippen molar-refractivity contribution in [2.45, 2.75) is 25.4 Å². The van der Waals surface area contributed by atoms with E-state index in [1.165, 1.54) is 11.6 Å². The number of likely N-dealkylation sites (tertiary alicyclic amines) is 1. The second-order valence-electron chi connectivity index (χ2n) is 6.17. The Labute approximate surface area is 147 Å². The molecule has 0 amide bonds. The molecule has 1 aliphatic heterocycles. The second-order valence-corrected chi connectivity index (χ2v) is 6.17. The molecule has 1 heterocycles. The summed E-state index contributed by atoms with van der Waals surface area (Å²) in [6.07, 6.45) is 2.17. The van der Waals surface area contributed by atoms with Gasteiger partial charge in [-0.3, -0.25) is 15.0 Å². The molecule has 0 bridgehead atoms. The van der Waals surface area contributed by atoms with E-state index in [4.69, 9.17) is 9.47 Å². The Kier molecular flexibility index (Phi) is 5.19. The lowest BCUT2D eigenvalue weighted by molar-refractivity contribution is -0.384. The molecule has 2 aromatic rings. The summed E-state index contributed by atoms with van der Waals surface area (Å²) in [5.74, 6) is 1.44. The lowest BCUT2D eigenvalue weighted by Crippen LogP contribution is -2.22. The summed E-state index contributed by atoms with van der Waals surface area (Å²) in [7, 11) is 3.26. The number of ether oxygens (including phenoxy) is 2. The van der Waals surface area contributed by atoms with Crippen LogP contribution in [0.3, 0.4) is 0 Å². The highest BCUT2D eigenvalue weighted by atomic mass is 16.6. The SMILES string of the molecule is COc1ccc([C@@H]2CCCN2Cc2cccc([N+](=O)[O-])c2)cc1OC. The predicted octanol–water partition coefficient (Wildman–Crippen LogP) is 3.95. The maximum absolute atomic E-state index is 11.0. The average molecular weight is 342 g/mol. The van der Waals surface area contributed by atoms with Crippen LogP contribution in [0.15, 0.2) is 42.5 Å². The Bertz CT molecular complexity index is 763. The van der Waals surface area contributed by atoms with E-state index in [0.717, 1.165) is 36.4 Å². The van der Waals surface area contributed by atoms with Gasteiger partial charge in [0.2, 0.25) is 0 Å². The van der Waals surface area contributed by atoms with Crippen molar-refractivity contribution in [1.82, 2.24) is 4.90 Å². The number of hydrogen-bond acceptors (Lipinski definition) is 5. The molecule has 0 radical (unpaired) electrons. The van der Waals surface area contributed by atoms with Crippen LogP contribution in [-0.4, -0.2) is 30.6 Å². The topological polar surface area (TPSA) is 64.8 Å². The van der Waals surface area contributed by atoms with Gasteiger partial charge in [-0.25, -0.2) is 0 Å². The van der Waals surface area contributed by atoms with Crippen LogP contribution in [0.25, 0.3) is 0 Å². The molecule has 3 rings (SSSR count). The first kappa shape index (κ1) is 17.2. The molecule has 132 valence electrons. The van der Waals surface area contributed by atoms with Gasteiger partial charge in [-0.15, -0.1) is 0 Å². The lowest BCUT2D eigenvalue weighted by atomic mass is 10.0. The molecule has 0 aliphatic carbocycles. The van der Waals surface area contributed by atoms with E-state index in [1.807, 2.05) is 18.2 Å². The number of nitro benzene ring substituents is 1. The van der Waals surface area contributed by atoms with E-state index < -0.39 is 0 Å². The summed E-state index contributed by atoms with van der Waals surface area (Å²) < 4.78 is 10.7. The quantitative estimate of drug-likeness (QED) is 0.587. The molecule has 25 heavy (non-hydrogen) atoms. The van der Waals surface area contributed by atoms with Crippen molar-refractivity contribution in [3.05, 3.63) is 63.7 Å². The van der Waals surface area contributed by atoms with Crippen LogP contribution in [0.5, 0.6) is 11.5 Å². The Balaban J connectivity index is 1.81. The highest BCUT2D eigenvalue weighted by molar-refractivity contribution is 5.44. The van der Waals surface area contributed by atoms with Crippen molar-refractivity contribution in [2.24, 2.45) is 0 Å². The van der Waals surface area contributed by atoms with Gasteiger partial charge in [0.25, 0.3) is 5.69 Å². The molecule has 0 N–H and O–H groups in total. The van der Waals surface area contributed by atoms with Crippen LogP contribution in [-0.2, 0) is 6.54 Å². The van der Waals surface area contributed by atoms with Gasteiger partial charge in [0.15, 0.2) is 11.5 Å². The zero-order valence-corrected chi connectivity index (χ0v) is 14.5. The van der Waals surface area contributed by atoms with Gasteiger partial charge in [0, 0.05) is 24.7 Å². The number of nitro groups is 1. The number of non-ortho nitro benzene ring substituents is 1. The summed E-state index contributed by atoms with van der Waals surface area (Å²) in [6.45, 7) is 1.67. The molecular weight excluding hydrogens is 320 g/mol. The minimum atomic E-state index is -0.348. The van der Waals surface area contributed by atoms with Gasteiger partial charge in [-0.2, -0.15) is 0 Å². The molecule has 1 saturated heterocycles. The Morgan fingerprint density at radius 3 is 2.68 bits per heavy atom. The molecule has 2 aromatic carbocycles. The van der Waals surface area contributed by atoms with Crippen molar-refractivity contribution in [3.63, 3.8) is 0 Å². The molecule has 0 aromatic heterocycles. The Morgan fingerprint density at radius 1 is 1.16 bits per heavy atom. The van der Waals surface area contributed by atoms with E-state index in [0.29, 0.717) is 6.54 Å². The number of nitrogens with zero attached hydrogens (tertiary/aromatic N) is 2. The number of hydrogen-bond donors (Lipinski definition) is 0. The predicted molar refractivity (Wildman–Crippen MR) is 95.0 cm³/mol. The maximum Gasteiger partial charge on any atom is 0.269 e. The third kappa shape index (κ3) is 3.74. The number of rotatable bonds is 6. The first-order chi connectivity index (χ1) is 12.1. The first-order valence-corrected chi connectivity index (χ1v) is 8.31. The zero-order chi connectivity index (χ0) is 17.8. The summed E-state index contributed by atoms with van der Waals surface area (Å²) in [4.78, 5) is 13.0. The third-order valence-corrected chi connectivity index (χ3v) is 4.66. The van der Waals surface area contributed by atoms with Gasteiger partial charge < -0.3 is 9.47 Å². The molecule has 0 spiro atoms. The molecule has 6 nitrogen and oxygen atoms in total. The van der Waals surface area contributed by atoms with Gasteiger partial charge in [0.1, 0.15) is 0 Å². The summed E-state index contributed by atoms with van der Waals surface area (Å²) >= 11 is 0. The minimum absolute atomic E-state index is 0.138. The van der Waals surface area contributed by atoms with Gasteiger partial charge in [-0.05, 0) is 42.6 Å². The highest BCUT2D eigenvalue weighted by Crippen LogP contribution is 2.37. The van der Waals surface area contributed by atoms with E-state index in [2.05, 4.69) is 11.0 Å². The van der Waals surface area contributed by atoms with Crippen LogP contribution < -0.4 is 9.47 Å². The molecule has 0 saturated carbocycles. The second kappa shape index (κ2) is 7.53.